The third-order valence-corrected chi connectivity index (χ3v) is 16.3. The number of rotatable bonds is 16. The number of nitrogens with zero attached hydrogens (tertiary/aromatic N) is 1. The van der Waals surface area contributed by atoms with E-state index in [0.29, 0.717) is 5.39 Å². The second-order valence-electron chi connectivity index (χ2n) is 17.8. The van der Waals surface area contributed by atoms with Crippen LogP contribution in [0.15, 0.2) is 89.8 Å². The van der Waals surface area contributed by atoms with Gasteiger partial charge >= 0.3 is 17.9 Å². The summed E-state index contributed by atoms with van der Waals surface area (Å²) in [4.78, 5) is 82.7. The van der Waals surface area contributed by atoms with E-state index in [9.17, 15) is 83.1 Å². The molecule has 5 aromatic rings. The first kappa shape index (κ1) is 58.9. The van der Waals surface area contributed by atoms with Crippen molar-refractivity contribution in [1.82, 2.24) is 20.7 Å². The molecule has 0 aromatic heterocycles. The number of aliphatic hydroxyl groups excluding tert-OH is 3. The summed E-state index contributed by atoms with van der Waals surface area (Å²) >= 11 is 0. The summed E-state index contributed by atoms with van der Waals surface area (Å²) in [6.07, 6.45) is -8.31. The molecule has 7 rings (SSSR count). The topological polar surface area (TPSA) is 407 Å². The predicted octanol–water partition coefficient (Wildman–Crippen LogP) is 0.361. The van der Waals surface area contributed by atoms with Crippen LogP contribution in [0.1, 0.15) is 42.7 Å². The lowest BCUT2D eigenvalue weighted by atomic mass is 9.90. The van der Waals surface area contributed by atoms with Crippen LogP contribution in [0.2, 0.25) is 0 Å². The number of aliphatic hydroxyl groups is 3. The lowest BCUT2D eigenvalue weighted by Gasteiger charge is -2.41. The van der Waals surface area contributed by atoms with Crippen LogP contribution < -0.4 is 25.6 Å². The highest BCUT2D eigenvalue weighted by Gasteiger charge is 2.46. The molecule has 2 fully saturated rings. The third-order valence-electron chi connectivity index (χ3n) is 12.3. The first-order valence-electron chi connectivity index (χ1n) is 23.6. The van der Waals surface area contributed by atoms with Crippen LogP contribution in [-0.2, 0) is 43.4 Å². The van der Waals surface area contributed by atoms with E-state index in [0.717, 1.165) is 58.3 Å². The normalized spacial score (nSPS) is 22.0. The fraction of sp³-hybridized carbons (Fsp3) is 0.320. The van der Waals surface area contributed by atoms with Crippen LogP contribution in [0.25, 0.3) is 10.8 Å². The number of hydrogen-bond donors (Lipinski definition) is 13. The zero-order chi connectivity index (χ0) is 57.5. The van der Waals surface area contributed by atoms with Crippen LogP contribution >= 0.6 is 21.6 Å². The van der Waals surface area contributed by atoms with Gasteiger partial charge in [-0.1, -0.05) is 64.1 Å². The van der Waals surface area contributed by atoms with Crippen LogP contribution in [0, 0.1) is 0 Å². The summed E-state index contributed by atoms with van der Waals surface area (Å²) in [6, 6.07) is 12.9. The molecule has 0 saturated carbocycles. The summed E-state index contributed by atoms with van der Waals surface area (Å²) in [5.41, 5.74) is -1.38. The first-order valence-corrected chi connectivity index (χ1v) is 27.6. The average Bonchev–Trinajstić information content (AvgIpc) is 3.48. The van der Waals surface area contributed by atoms with Crippen molar-refractivity contribution in [1.29, 1.82) is 0 Å². The molecule has 5 aromatic carbocycles. The molecule has 0 aliphatic carbocycles. The number of esters is 3. The minimum atomic E-state index is -3.95. The van der Waals surface area contributed by atoms with E-state index in [1.807, 2.05) is 31.1 Å². The highest BCUT2D eigenvalue weighted by atomic mass is 33.1. The average molecular weight is 1160 g/mol. The first-order chi connectivity index (χ1) is 37.5. The molecule has 13 N–H and O–H groups in total. The quantitative estimate of drug-likeness (QED) is 0.0209. The highest BCUT2D eigenvalue weighted by Crippen LogP contribution is 2.43. The standard InChI is InChI=1S/C50H53N5O21S3/c1-55(2)32-11-3-8-24-23(32)7-6-14-36(24)79(71,72)51-17-18-77-78-22-35-41(62)42(63)43(64)44(76-35)25-15-16-28(40(61)39(25)60)47(67)54-31-21-75-49(69)29(52-45(65)26-9-4-12-33(56)37(26)58)19-73-48(68)30(20-74-50(31)70)53-46(66)27-10-5-13-34(57)38(27)59/h3-16,29-31,35,41-44,51,56-64H,17-22H2,1-2H3,(H,52,65)(H,53,66)(H,54,67)/t29?,30?,31?,35-,41-,42+,43-,44+/m1/s1. The number of phenols is 6. The maximum absolute atomic E-state index is 13.8. The summed E-state index contributed by atoms with van der Waals surface area (Å²) < 4.78 is 50.8. The molecule has 26 nitrogen and oxygen atoms in total. The fourth-order valence-corrected chi connectivity index (χ4v) is 11.6. The van der Waals surface area contributed by atoms with Crippen molar-refractivity contribution in [3.05, 3.63) is 107 Å². The van der Waals surface area contributed by atoms with Gasteiger partial charge in [-0.25, -0.2) is 27.5 Å². The number of cyclic esters (lactones) is 3. The fourth-order valence-electron chi connectivity index (χ4n) is 8.15. The highest BCUT2D eigenvalue weighted by molar-refractivity contribution is 8.76. The summed E-state index contributed by atoms with van der Waals surface area (Å²) in [6.45, 7) is -3.20. The van der Waals surface area contributed by atoms with Crippen molar-refractivity contribution in [3.63, 3.8) is 0 Å². The van der Waals surface area contributed by atoms with Gasteiger partial charge in [-0.2, -0.15) is 0 Å². The van der Waals surface area contributed by atoms with Crippen LogP contribution in [0.3, 0.4) is 0 Å². The number of ether oxygens (including phenoxy) is 4. The lowest BCUT2D eigenvalue weighted by Crippen LogP contribution is -2.54. The minimum absolute atomic E-state index is 0.00314. The lowest BCUT2D eigenvalue weighted by molar-refractivity contribution is -0.218. The molecule has 3 amide bonds. The van der Waals surface area contributed by atoms with Gasteiger partial charge in [0, 0.05) is 54.2 Å². The molecular weight excluding hydrogens is 1100 g/mol. The summed E-state index contributed by atoms with van der Waals surface area (Å²) in [5, 5.41) is 103. The molecule has 29 heteroatoms. The van der Waals surface area contributed by atoms with E-state index >= 15 is 0 Å². The number of nitrogens with one attached hydrogen (secondary N) is 4. The number of amides is 3. The SMILES string of the molecule is CN(C)c1cccc2c(S(=O)(=O)NCCSSC[C@H]3O[C@@H](c4ccc(C(=O)NC5COC(=O)C(NC(=O)c6cccc(O)c6O)COC(=O)C(NC(=O)c6cccc(O)c6O)COC5=O)c(O)c4O)[C@H](O)[C@@H](O)[C@@H]3O)cccc12. The minimum Gasteiger partial charge on any atom is -0.504 e. The van der Waals surface area contributed by atoms with Crippen LogP contribution in [0.4, 0.5) is 5.69 Å². The second-order valence-corrected chi connectivity index (χ2v) is 22.2. The van der Waals surface area contributed by atoms with E-state index in [2.05, 4.69) is 20.7 Å². The number of aromatic hydroxyl groups is 6. The molecule has 0 bridgehead atoms. The Labute approximate surface area is 456 Å². The molecule has 2 aliphatic heterocycles. The smallest absolute Gasteiger partial charge is 0.332 e. The van der Waals surface area contributed by atoms with E-state index in [1.165, 1.54) is 29.0 Å². The number of anilines is 1. The molecule has 422 valence electrons. The van der Waals surface area contributed by atoms with E-state index in [1.54, 1.807) is 18.2 Å². The molecule has 2 aliphatic rings. The van der Waals surface area contributed by atoms with Gasteiger partial charge in [-0.15, -0.1) is 0 Å². The molecule has 2 saturated heterocycles. The van der Waals surface area contributed by atoms with Crippen molar-refractivity contribution in [2.24, 2.45) is 0 Å². The Bertz CT molecular complexity index is 3190. The van der Waals surface area contributed by atoms with E-state index in [-0.39, 0.29) is 28.5 Å². The second kappa shape index (κ2) is 25.4. The van der Waals surface area contributed by atoms with Gasteiger partial charge in [0.15, 0.2) is 52.6 Å². The van der Waals surface area contributed by atoms with Crippen molar-refractivity contribution >= 4 is 83.7 Å². The van der Waals surface area contributed by atoms with Gasteiger partial charge in [0.1, 0.15) is 44.2 Å². The molecule has 3 unspecified atom stereocenters. The number of para-hydroxylation sites is 2. The number of benzene rings is 5. The Kier molecular flexibility index (Phi) is 18.9. The Balaban J connectivity index is 1.02. The van der Waals surface area contributed by atoms with Gasteiger partial charge in [0.25, 0.3) is 17.7 Å². The summed E-state index contributed by atoms with van der Waals surface area (Å²) in [7, 11) is 2.08. The molecular formula is C50H53N5O21S3. The van der Waals surface area contributed by atoms with Crippen molar-refractivity contribution in [2.45, 2.75) is 53.5 Å². The van der Waals surface area contributed by atoms with Gasteiger partial charge in [0.2, 0.25) is 10.0 Å². The van der Waals surface area contributed by atoms with Crippen molar-refractivity contribution < 1.29 is 102 Å². The zero-order valence-corrected chi connectivity index (χ0v) is 44.0. The van der Waals surface area contributed by atoms with Crippen molar-refractivity contribution in [2.75, 3.05) is 56.9 Å². The molecule has 0 spiro atoms. The van der Waals surface area contributed by atoms with E-state index < -0.39 is 165 Å². The van der Waals surface area contributed by atoms with Crippen LogP contribution in [0.5, 0.6) is 34.5 Å². The summed E-state index contributed by atoms with van der Waals surface area (Å²) in [5.74, 6) is -13.3. The molecule has 79 heavy (non-hydrogen) atoms. The molecule has 0 radical (unpaired) electrons. The Morgan fingerprint density at radius 1 is 0.582 bits per heavy atom. The number of carbonyl (C=O) groups excluding carboxylic acids is 6. The zero-order valence-electron chi connectivity index (χ0n) is 41.5. The molecule has 2 heterocycles. The monoisotopic (exact) mass is 1160 g/mol. The maximum atomic E-state index is 13.8. The number of sulfonamides is 1. The number of hydrogen-bond acceptors (Lipinski definition) is 24. The van der Waals surface area contributed by atoms with Crippen LogP contribution in [-0.4, -0.2) is 185 Å². The van der Waals surface area contributed by atoms with Gasteiger partial charge < -0.3 is 85.8 Å². The Morgan fingerprint density at radius 3 is 1.58 bits per heavy atom. The third kappa shape index (κ3) is 13.4. The number of carbonyl (C=O) groups is 6. The maximum Gasteiger partial charge on any atom is 0.332 e. The van der Waals surface area contributed by atoms with Crippen molar-refractivity contribution in [3.8, 4) is 34.5 Å². The van der Waals surface area contributed by atoms with Gasteiger partial charge in [-0.05, 0) is 42.5 Å². The number of fused-ring (bicyclic) bond motifs is 1. The largest absolute Gasteiger partial charge is 0.504 e. The Hall–Kier alpha value is -7.77. The van der Waals surface area contributed by atoms with Gasteiger partial charge in [-0.3, -0.25) is 14.4 Å². The van der Waals surface area contributed by atoms with E-state index in [4.69, 9.17) is 18.9 Å². The predicted molar refractivity (Wildman–Crippen MR) is 280 cm³/mol. The Morgan fingerprint density at radius 2 is 1.06 bits per heavy atom. The number of phenolic OH excluding ortho intramolecular Hbond substituents is 6. The molecule has 8 atom stereocenters. The van der Waals surface area contributed by atoms with Gasteiger partial charge in [0.05, 0.1) is 27.7 Å².